The summed E-state index contributed by atoms with van der Waals surface area (Å²) < 4.78 is 10.8. The molecule has 0 aromatic carbocycles. The molecule has 0 amide bonds. The molecule has 1 heterocycles. The van der Waals surface area contributed by atoms with Gasteiger partial charge in [-0.15, -0.1) is 0 Å². The van der Waals surface area contributed by atoms with E-state index in [0.717, 1.165) is 12.1 Å². The second kappa shape index (κ2) is 5.80. The summed E-state index contributed by atoms with van der Waals surface area (Å²) in [4.78, 5) is 16.3. The van der Waals surface area contributed by atoms with Crippen molar-refractivity contribution in [2.24, 2.45) is 5.92 Å². The van der Waals surface area contributed by atoms with Crippen molar-refractivity contribution in [2.45, 2.75) is 37.9 Å². The van der Waals surface area contributed by atoms with Crippen LogP contribution < -0.4 is 0 Å². The third-order valence-electron chi connectivity index (χ3n) is 4.23. The van der Waals surface area contributed by atoms with E-state index in [0.29, 0.717) is 12.8 Å². The molecule has 1 aromatic rings. The summed E-state index contributed by atoms with van der Waals surface area (Å²) in [5, 5.41) is 0. The minimum Gasteiger partial charge on any atom is -0.356 e. The molecule has 2 atom stereocenters. The smallest absolute Gasteiger partial charge is 0.160 e. The fraction of sp³-hybridized carbons (Fsp3) is 0.600. The van der Waals surface area contributed by atoms with Crippen LogP contribution in [0.3, 0.4) is 0 Å². The van der Waals surface area contributed by atoms with Crippen molar-refractivity contribution in [2.75, 3.05) is 14.2 Å². The maximum Gasteiger partial charge on any atom is 0.160 e. The van der Waals surface area contributed by atoms with Gasteiger partial charge in [0, 0.05) is 50.3 Å². The number of nitrogens with zero attached hydrogens (tertiary/aromatic N) is 1. The Bertz CT molecular complexity index is 430. The quantitative estimate of drug-likeness (QED) is 0.782. The van der Waals surface area contributed by atoms with E-state index in [9.17, 15) is 4.79 Å². The molecule has 4 heteroatoms. The molecule has 0 spiro atoms. The van der Waals surface area contributed by atoms with Crippen LogP contribution in [0.5, 0.6) is 0 Å². The van der Waals surface area contributed by atoms with Crippen LogP contribution in [-0.4, -0.2) is 31.3 Å². The second-order valence-corrected chi connectivity index (χ2v) is 5.32. The minimum atomic E-state index is -0.378. The molecule has 0 N–H and O–H groups in total. The Kier molecular flexibility index (Phi) is 4.32. The van der Waals surface area contributed by atoms with Gasteiger partial charge in [-0.05, 0) is 18.6 Å². The highest BCUT2D eigenvalue weighted by Gasteiger charge is 2.46. The van der Waals surface area contributed by atoms with Gasteiger partial charge in [0.15, 0.2) is 6.29 Å². The van der Waals surface area contributed by atoms with Crippen molar-refractivity contribution in [1.82, 2.24) is 4.98 Å². The van der Waals surface area contributed by atoms with E-state index in [-0.39, 0.29) is 23.4 Å². The Morgan fingerprint density at radius 2 is 2.11 bits per heavy atom. The van der Waals surface area contributed by atoms with Crippen LogP contribution in [0, 0.1) is 5.92 Å². The fourth-order valence-electron chi connectivity index (χ4n) is 3.00. The predicted octanol–water partition coefficient (Wildman–Crippen LogP) is 2.33. The van der Waals surface area contributed by atoms with Gasteiger partial charge in [-0.25, -0.2) is 0 Å². The summed E-state index contributed by atoms with van der Waals surface area (Å²) in [5.41, 5.74) is 0.817. The lowest BCUT2D eigenvalue weighted by molar-refractivity contribution is -0.165. The number of ether oxygens (including phenoxy) is 2. The largest absolute Gasteiger partial charge is 0.356 e. The van der Waals surface area contributed by atoms with Gasteiger partial charge in [-0.3, -0.25) is 9.78 Å². The third-order valence-corrected chi connectivity index (χ3v) is 4.23. The lowest BCUT2D eigenvalue weighted by Crippen LogP contribution is -2.46. The summed E-state index contributed by atoms with van der Waals surface area (Å²) in [6.45, 7) is 2.15. The Morgan fingerprint density at radius 3 is 2.68 bits per heavy atom. The second-order valence-electron chi connectivity index (χ2n) is 5.32. The SMILES string of the molecule is COC(OC)[C@@H]1CC(=O)CC[C@]1(C)c1ccccn1. The normalized spacial score (nSPS) is 27.8. The first-order valence-corrected chi connectivity index (χ1v) is 6.60. The van der Waals surface area contributed by atoms with E-state index in [1.165, 1.54) is 0 Å². The molecule has 1 fully saturated rings. The van der Waals surface area contributed by atoms with Gasteiger partial charge in [0.25, 0.3) is 0 Å². The van der Waals surface area contributed by atoms with E-state index in [2.05, 4.69) is 11.9 Å². The number of hydrogen-bond donors (Lipinski definition) is 0. The van der Waals surface area contributed by atoms with Crippen molar-refractivity contribution in [3.63, 3.8) is 0 Å². The van der Waals surface area contributed by atoms with Crippen LogP contribution >= 0.6 is 0 Å². The number of carbonyl (C=O) groups is 1. The maximum absolute atomic E-state index is 11.8. The van der Waals surface area contributed by atoms with E-state index in [4.69, 9.17) is 9.47 Å². The Hall–Kier alpha value is -1.26. The molecular weight excluding hydrogens is 242 g/mol. The fourth-order valence-corrected chi connectivity index (χ4v) is 3.00. The van der Waals surface area contributed by atoms with Crippen molar-refractivity contribution in [1.29, 1.82) is 0 Å². The zero-order valence-electron chi connectivity index (χ0n) is 11.8. The summed E-state index contributed by atoms with van der Waals surface area (Å²) in [6.07, 6.45) is 3.29. The number of ketones is 1. The minimum absolute atomic E-state index is 0.00125. The number of pyridine rings is 1. The molecule has 0 unspecified atom stereocenters. The highest BCUT2D eigenvalue weighted by atomic mass is 16.7. The van der Waals surface area contributed by atoms with Crippen LogP contribution in [0.25, 0.3) is 0 Å². The number of methoxy groups -OCH3 is 2. The lowest BCUT2D eigenvalue weighted by atomic mass is 9.64. The van der Waals surface area contributed by atoms with Crippen LogP contribution in [0.1, 0.15) is 31.9 Å². The van der Waals surface area contributed by atoms with Gasteiger partial charge < -0.3 is 9.47 Å². The predicted molar refractivity (Wildman–Crippen MR) is 71.7 cm³/mol. The van der Waals surface area contributed by atoms with Crippen LogP contribution in [0.2, 0.25) is 0 Å². The Labute approximate surface area is 114 Å². The van der Waals surface area contributed by atoms with Gasteiger partial charge in [-0.2, -0.15) is 0 Å². The molecule has 1 aliphatic carbocycles. The average molecular weight is 263 g/mol. The average Bonchev–Trinajstić information content (AvgIpc) is 2.45. The lowest BCUT2D eigenvalue weighted by Gasteiger charge is -2.43. The number of aromatic nitrogens is 1. The first-order valence-electron chi connectivity index (χ1n) is 6.60. The van der Waals surface area contributed by atoms with E-state index >= 15 is 0 Å². The molecule has 0 bridgehead atoms. The van der Waals surface area contributed by atoms with E-state index < -0.39 is 0 Å². The standard InChI is InChI=1S/C15H21NO3/c1-15(13-6-4-5-9-16-13)8-7-11(17)10-12(15)14(18-2)19-3/h4-6,9,12,14H,7-8,10H2,1-3H3/t12-,15-/m0/s1. The van der Waals surface area contributed by atoms with Gasteiger partial charge in [0.1, 0.15) is 5.78 Å². The third kappa shape index (κ3) is 2.69. The van der Waals surface area contributed by atoms with Crippen LogP contribution in [-0.2, 0) is 19.7 Å². The van der Waals surface area contributed by atoms with Crippen molar-refractivity contribution >= 4 is 5.78 Å². The van der Waals surface area contributed by atoms with E-state index in [1.54, 1.807) is 20.4 Å². The first-order chi connectivity index (χ1) is 9.11. The van der Waals surface area contributed by atoms with Crippen molar-refractivity contribution in [3.8, 4) is 0 Å². The van der Waals surface area contributed by atoms with Gasteiger partial charge >= 0.3 is 0 Å². The number of rotatable bonds is 4. The zero-order valence-corrected chi connectivity index (χ0v) is 11.8. The Balaban J connectivity index is 2.37. The molecule has 1 aliphatic rings. The molecule has 1 saturated carbocycles. The zero-order chi connectivity index (χ0) is 13.9. The molecule has 104 valence electrons. The number of carbonyl (C=O) groups excluding carboxylic acids is 1. The number of hydrogen-bond acceptors (Lipinski definition) is 4. The summed E-state index contributed by atoms with van der Waals surface area (Å²) >= 11 is 0. The van der Waals surface area contributed by atoms with E-state index in [1.807, 2.05) is 18.2 Å². The molecular formula is C15H21NO3. The molecule has 4 nitrogen and oxygen atoms in total. The van der Waals surface area contributed by atoms with Crippen molar-refractivity contribution in [3.05, 3.63) is 30.1 Å². The maximum atomic E-state index is 11.8. The molecule has 19 heavy (non-hydrogen) atoms. The van der Waals surface area contributed by atoms with Crippen LogP contribution in [0.15, 0.2) is 24.4 Å². The molecule has 0 saturated heterocycles. The highest BCUT2D eigenvalue weighted by molar-refractivity contribution is 5.80. The Morgan fingerprint density at radius 1 is 1.37 bits per heavy atom. The first kappa shape index (κ1) is 14.2. The number of Topliss-reactive ketones (excluding diaryl/α,β-unsaturated/α-hetero) is 1. The summed E-state index contributed by atoms with van der Waals surface area (Å²) in [5.74, 6) is 0.274. The molecule has 2 rings (SSSR count). The molecule has 1 aromatic heterocycles. The van der Waals surface area contributed by atoms with Gasteiger partial charge in [0.05, 0.1) is 0 Å². The molecule has 0 radical (unpaired) electrons. The topological polar surface area (TPSA) is 48.4 Å². The van der Waals surface area contributed by atoms with Crippen LogP contribution in [0.4, 0.5) is 0 Å². The monoisotopic (exact) mass is 263 g/mol. The van der Waals surface area contributed by atoms with Crippen molar-refractivity contribution < 1.29 is 14.3 Å². The summed E-state index contributed by atoms with van der Waals surface area (Å²) in [6, 6.07) is 5.90. The van der Waals surface area contributed by atoms with Gasteiger partial charge in [0.2, 0.25) is 0 Å². The highest BCUT2D eigenvalue weighted by Crippen LogP contribution is 2.44. The molecule has 0 aliphatic heterocycles. The van der Waals surface area contributed by atoms with Gasteiger partial charge in [-0.1, -0.05) is 13.0 Å². The summed E-state index contributed by atoms with van der Waals surface area (Å²) in [7, 11) is 3.23.